The zero-order chi connectivity index (χ0) is 14.6. The summed E-state index contributed by atoms with van der Waals surface area (Å²) >= 11 is 0. The fraction of sp³-hybridized carbons (Fsp3) is 0.316. The first-order valence-electron chi connectivity index (χ1n) is 7.10. The molecule has 0 saturated heterocycles. The van der Waals surface area contributed by atoms with E-state index < -0.39 is 0 Å². The minimum Gasteiger partial charge on any atom is -0.303 e. The number of benzene rings is 2. The summed E-state index contributed by atoms with van der Waals surface area (Å²) in [4.78, 5) is 11.4. The van der Waals surface area contributed by atoms with Gasteiger partial charge in [-0.15, -0.1) is 0 Å². The molecule has 0 fully saturated rings. The number of carbonyl (C=O) groups is 1. The molecule has 104 valence electrons. The van der Waals surface area contributed by atoms with Crippen LogP contribution in [0.4, 0.5) is 0 Å². The van der Waals surface area contributed by atoms with Gasteiger partial charge in [0.25, 0.3) is 0 Å². The van der Waals surface area contributed by atoms with Crippen molar-refractivity contribution in [3.05, 3.63) is 71.3 Å². The van der Waals surface area contributed by atoms with Gasteiger partial charge in [0, 0.05) is 5.92 Å². The average molecular weight is 266 g/mol. The van der Waals surface area contributed by atoms with E-state index in [1.54, 1.807) is 0 Å². The van der Waals surface area contributed by atoms with Crippen molar-refractivity contribution in [2.75, 3.05) is 0 Å². The van der Waals surface area contributed by atoms with E-state index in [0.717, 1.165) is 18.3 Å². The van der Waals surface area contributed by atoms with Crippen LogP contribution in [0.1, 0.15) is 43.4 Å². The highest BCUT2D eigenvalue weighted by molar-refractivity contribution is 5.63. The Morgan fingerprint density at radius 3 is 2.05 bits per heavy atom. The molecule has 0 saturated carbocycles. The third kappa shape index (κ3) is 3.57. The van der Waals surface area contributed by atoms with Crippen LogP contribution in [0.3, 0.4) is 0 Å². The maximum Gasteiger partial charge on any atom is 0.127 e. The molecule has 0 heterocycles. The van der Waals surface area contributed by atoms with Gasteiger partial charge in [-0.25, -0.2) is 0 Å². The minimum absolute atomic E-state index is 0.0635. The summed E-state index contributed by atoms with van der Waals surface area (Å²) in [7, 11) is 0. The van der Waals surface area contributed by atoms with Gasteiger partial charge in [-0.1, -0.05) is 75.4 Å². The number of carbonyl (C=O) groups excluding carboxylic acids is 1. The SMILES string of the molecule is CC(C)(C)c1ccc(C(C=O)Cc2ccccc2)cc1. The van der Waals surface area contributed by atoms with E-state index in [2.05, 4.69) is 57.2 Å². The third-order valence-electron chi connectivity index (χ3n) is 3.67. The molecule has 0 aliphatic carbocycles. The molecule has 1 nitrogen and oxygen atoms in total. The first kappa shape index (κ1) is 14.5. The lowest BCUT2D eigenvalue weighted by molar-refractivity contribution is -0.109. The first-order valence-corrected chi connectivity index (χ1v) is 7.10. The van der Waals surface area contributed by atoms with E-state index in [0.29, 0.717) is 0 Å². The van der Waals surface area contributed by atoms with E-state index in [1.165, 1.54) is 11.1 Å². The molecule has 0 amide bonds. The second kappa shape index (κ2) is 6.04. The van der Waals surface area contributed by atoms with Crippen molar-refractivity contribution >= 4 is 6.29 Å². The molecule has 0 N–H and O–H groups in total. The van der Waals surface area contributed by atoms with E-state index in [4.69, 9.17) is 0 Å². The van der Waals surface area contributed by atoms with Crippen LogP contribution < -0.4 is 0 Å². The van der Waals surface area contributed by atoms with Crippen LogP contribution in [0, 0.1) is 0 Å². The second-order valence-corrected chi connectivity index (χ2v) is 6.30. The normalized spacial score (nSPS) is 12.9. The number of rotatable bonds is 4. The van der Waals surface area contributed by atoms with Crippen LogP contribution in [0.5, 0.6) is 0 Å². The third-order valence-corrected chi connectivity index (χ3v) is 3.67. The monoisotopic (exact) mass is 266 g/mol. The predicted octanol–water partition coefficient (Wildman–Crippen LogP) is 4.51. The maximum absolute atomic E-state index is 11.4. The minimum atomic E-state index is -0.0635. The Morgan fingerprint density at radius 1 is 0.950 bits per heavy atom. The van der Waals surface area contributed by atoms with Gasteiger partial charge in [0.05, 0.1) is 0 Å². The van der Waals surface area contributed by atoms with Crippen LogP contribution in [0.2, 0.25) is 0 Å². The molecule has 0 bridgehead atoms. The topological polar surface area (TPSA) is 17.1 Å². The van der Waals surface area contributed by atoms with Gasteiger partial charge in [-0.05, 0) is 28.5 Å². The van der Waals surface area contributed by atoms with Gasteiger partial charge in [-0.3, -0.25) is 0 Å². The largest absolute Gasteiger partial charge is 0.303 e. The highest BCUT2D eigenvalue weighted by atomic mass is 16.1. The molecular formula is C19H22O. The molecular weight excluding hydrogens is 244 g/mol. The molecule has 0 aliphatic rings. The van der Waals surface area contributed by atoms with E-state index >= 15 is 0 Å². The lowest BCUT2D eigenvalue weighted by Gasteiger charge is -2.20. The Kier molecular flexibility index (Phi) is 4.39. The molecule has 2 aromatic carbocycles. The zero-order valence-electron chi connectivity index (χ0n) is 12.5. The van der Waals surface area contributed by atoms with E-state index in [9.17, 15) is 4.79 Å². The Hall–Kier alpha value is -1.89. The Bertz CT molecular complexity index is 547. The van der Waals surface area contributed by atoms with Gasteiger partial charge in [0.2, 0.25) is 0 Å². The second-order valence-electron chi connectivity index (χ2n) is 6.30. The summed E-state index contributed by atoms with van der Waals surface area (Å²) in [5, 5.41) is 0. The van der Waals surface area contributed by atoms with Crippen molar-refractivity contribution in [1.29, 1.82) is 0 Å². The number of hydrogen-bond acceptors (Lipinski definition) is 1. The predicted molar refractivity (Wildman–Crippen MR) is 84.1 cm³/mol. The van der Waals surface area contributed by atoms with Gasteiger partial charge < -0.3 is 4.79 Å². The van der Waals surface area contributed by atoms with Crippen molar-refractivity contribution < 1.29 is 4.79 Å². The molecule has 0 aromatic heterocycles. The Morgan fingerprint density at radius 2 is 1.55 bits per heavy atom. The van der Waals surface area contributed by atoms with Crippen LogP contribution in [-0.4, -0.2) is 6.29 Å². The Balaban J connectivity index is 2.18. The summed E-state index contributed by atoms with van der Waals surface area (Å²) in [5.41, 5.74) is 3.74. The lowest BCUT2D eigenvalue weighted by atomic mass is 9.85. The molecule has 1 atom stereocenters. The van der Waals surface area contributed by atoms with Gasteiger partial charge >= 0.3 is 0 Å². The maximum atomic E-state index is 11.4. The van der Waals surface area contributed by atoms with E-state index in [1.807, 2.05) is 18.2 Å². The molecule has 1 unspecified atom stereocenters. The van der Waals surface area contributed by atoms with Crippen molar-refractivity contribution in [2.45, 2.75) is 38.5 Å². The molecule has 0 radical (unpaired) electrons. The number of hydrogen-bond donors (Lipinski definition) is 0. The quantitative estimate of drug-likeness (QED) is 0.744. The Labute approximate surface area is 121 Å². The molecule has 2 rings (SSSR count). The molecule has 20 heavy (non-hydrogen) atoms. The summed E-state index contributed by atoms with van der Waals surface area (Å²) < 4.78 is 0. The van der Waals surface area contributed by atoms with E-state index in [-0.39, 0.29) is 11.3 Å². The smallest absolute Gasteiger partial charge is 0.127 e. The van der Waals surface area contributed by atoms with Crippen molar-refractivity contribution in [3.8, 4) is 0 Å². The van der Waals surface area contributed by atoms with Crippen LogP contribution in [0.25, 0.3) is 0 Å². The molecule has 2 aromatic rings. The van der Waals surface area contributed by atoms with Crippen molar-refractivity contribution in [2.24, 2.45) is 0 Å². The zero-order valence-corrected chi connectivity index (χ0v) is 12.5. The van der Waals surface area contributed by atoms with Crippen molar-refractivity contribution in [3.63, 3.8) is 0 Å². The standard InChI is InChI=1S/C19H22O/c1-19(2,3)18-11-9-16(10-12-18)17(14-20)13-15-7-5-4-6-8-15/h4-12,14,17H,13H2,1-3H3. The average Bonchev–Trinajstić information content (AvgIpc) is 2.45. The summed E-state index contributed by atoms with van der Waals surface area (Å²) in [5.74, 6) is -0.0635. The van der Waals surface area contributed by atoms with Crippen LogP contribution in [0.15, 0.2) is 54.6 Å². The van der Waals surface area contributed by atoms with Crippen molar-refractivity contribution in [1.82, 2.24) is 0 Å². The highest BCUT2D eigenvalue weighted by Crippen LogP contribution is 2.25. The number of aldehydes is 1. The molecule has 1 heteroatoms. The van der Waals surface area contributed by atoms with Gasteiger partial charge in [0.15, 0.2) is 0 Å². The molecule has 0 aliphatic heterocycles. The fourth-order valence-corrected chi connectivity index (χ4v) is 2.34. The summed E-state index contributed by atoms with van der Waals surface area (Å²) in [6, 6.07) is 18.6. The van der Waals surface area contributed by atoms with Crippen LogP contribution >= 0.6 is 0 Å². The van der Waals surface area contributed by atoms with Gasteiger partial charge in [0.1, 0.15) is 6.29 Å². The van der Waals surface area contributed by atoms with Gasteiger partial charge in [-0.2, -0.15) is 0 Å². The fourth-order valence-electron chi connectivity index (χ4n) is 2.34. The first-order chi connectivity index (χ1) is 9.50. The lowest BCUT2D eigenvalue weighted by Crippen LogP contribution is -2.11. The summed E-state index contributed by atoms with van der Waals surface area (Å²) in [6.07, 6.45) is 1.82. The summed E-state index contributed by atoms with van der Waals surface area (Å²) in [6.45, 7) is 6.59. The molecule has 0 spiro atoms. The highest BCUT2D eigenvalue weighted by Gasteiger charge is 2.15. The van der Waals surface area contributed by atoms with Crippen LogP contribution in [-0.2, 0) is 16.6 Å².